The lowest BCUT2D eigenvalue weighted by Gasteiger charge is -2.15. The van der Waals surface area contributed by atoms with Crippen molar-refractivity contribution < 1.29 is 4.74 Å². The van der Waals surface area contributed by atoms with Crippen LogP contribution >= 0.6 is 22.9 Å². The predicted molar refractivity (Wildman–Crippen MR) is 86.9 cm³/mol. The normalized spacial score (nSPS) is 12.3. The number of hydrogen-bond donors (Lipinski definition) is 1. The Hall–Kier alpha value is -1.03. The number of nitrogens with two attached hydrogens (primary N) is 1. The predicted octanol–water partition coefficient (Wildman–Crippen LogP) is 4.30. The maximum Gasteiger partial charge on any atom is 0.124 e. The maximum absolute atomic E-state index is 6.28. The van der Waals surface area contributed by atoms with Gasteiger partial charge in [0.2, 0.25) is 0 Å². The molecule has 0 aliphatic carbocycles. The van der Waals surface area contributed by atoms with Crippen molar-refractivity contribution in [3.05, 3.63) is 51.2 Å². The van der Waals surface area contributed by atoms with Gasteiger partial charge in [-0.1, -0.05) is 24.6 Å². The van der Waals surface area contributed by atoms with Crippen molar-refractivity contribution in [2.75, 3.05) is 6.61 Å². The summed E-state index contributed by atoms with van der Waals surface area (Å²) < 4.78 is 5.90. The summed E-state index contributed by atoms with van der Waals surface area (Å²) in [6.45, 7) is 2.74. The molecule has 20 heavy (non-hydrogen) atoms. The Balaban J connectivity index is 2.00. The van der Waals surface area contributed by atoms with Crippen LogP contribution in [0.2, 0.25) is 5.02 Å². The summed E-state index contributed by atoms with van der Waals surface area (Å²) in [6, 6.07) is 8.03. The van der Waals surface area contributed by atoms with Crippen LogP contribution in [-0.4, -0.2) is 12.6 Å². The second kappa shape index (κ2) is 7.67. The van der Waals surface area contributed by atoms with Gasteiger partial charge in [-0.05, 0) is 47.4 Å². The van der Waals surface area contributed by atoms with Gasteiger partial charge < -0.3 is 10.5 Å². The molecule has 0 aliphatic rings. The smallest absolute Gasteiger partial charge is 0.124 e. The van der Waals surface area contributed by atoms with E-state index in [2.05, 4.69) is 23.8 Å². The van der Waals surface area contributed by atoms with E-state index in [9.17, 15) is 0 Å². The molecule has 0 fully saturated rings. The maximum atomic E-state index is 6.28. The Morgan fingerprint density at radius 3 is 2.90 bits per heavy atom. The van der Waals surface area contributed by atoms with Gasteiger partial charge in [-0.3, -0.25) is 0 Å². The molecule has 1 unspecified atom stereocenters. The van der Waals surface area contributed by atoms with Gasteiger partial charge in [-0.2, -0.15) is 11.3 Å². The molecule has 2 nitrogen and oxygen atoms in total. The molecule has 1 aromatic carbocycles. The fourth-order valence-corrected chi connectivity index (χ4v) is 2.94. The van der Waals surface area contributed by atoms with Crippen LogP contribution in [0.4, 0.5) is 0 Å². The van der Waals surface area contributed by atoms with E-state index in [0.717, 1.165) is 35.6 Å². The first-order valence-electron chi connectivity index (χ1n) is 6.87. The number of hydrogen-bond acceptors (Lipinski definition) is 3. The molecule has 0 bridgehead atoms. The van der Waals surface area contributed by atoms with Crippen molar-refractivity contribution >= 4 is 22.9 Å². The van der Waals surface area contributed by atoms with Gasteiger partial charge in [0, 0.05) is 23.0 Å². The van der Waals surface area contributed by atoms with Crippen molar-refractivity contribution in [2.24, 2.45) is 5.73 Å². The SMILES string of the molecule is CCC(N)Cc1c(Cl)cccc1OCCc1ccsc1. The van der Waals surface area contributed by atoms with Gasteiger partial charge in [0.15, 0.2) is 0 Å². The monoisotopic (exact) mass is 309 g/mol. The molecule has 1 heterocycles. The lowest BCUT2D eigenvalue weighted by molar-refractivity contribution is 0.318. The number of thiophene rings is 1. The molecule has 1 aromatic heterocycles. The van der Waals surface area contributed by atoms with Crippen molar-refractivity contribution in [2.45, 2.75) is 32.2 Å². The molecule has 0 spiro atoms. The zero-order chi connectivity index (χ0) is 14.4. The summed E-state index contributed by atoms with van der Waals surface area (Å²) in [5.74, 6) is 0.858. The van der Waals surface area contributed by atoms with Crippen LogP contribution in [0.5, 0.6) is 5.75 Å². The van der Waals surface area contributed by atoms with Crippen molar-refractivity contribution in [1.29, 1.82) is 0 Å². The number of rotatable bonds is 7. The molecule has 2 N–H and O–H groups in total. The summed E-state index contributed by atoms with van der Waals surface area (Å²) in [6.07, 6.45) is 2.60. The minimum absolute atomic E-state index is 0.120. The van der Waals surface area contributed by atoms with Crippen LogP contribution in [0.15, 0.2) is 35.0 Å². The third kappa shape index (κ3) is 4.23. The zero-order valence-electron chi connectivity index (χ0n) is 11.6. The summed E-state index contributed by atoms with van der Waals surface area (Å²) in [5, 5.41) is 4.97. The highest BCUT2D eigenvalue weighted by Gasteiger charge is 2.11. The van der Waals surface area contributed by atoms with Gasteiger partial charge in [0.1, 0.15) is 5.75 Å². The van der Waals surface area contributed by atoms with Gasteiger partial charge >= 0.3 is 0 Å². The molecule has 0 radical (unpaired) electrons. The Morgan fingerprint density at radius 2 is 2.20 bits per heavy atom. The quantitative estimate of drug-likeness (QED) is 0.827. The van der Waals surface area contributed by atoms with E-state index in [0.29, 0.717) is 6.61 Å². The van der Waals surface area contributed by atoms with E-state index in [1.807, 2.05) is 18.2 Å². The summed E-state index contributed by atoms with van der Waals surface area (Å²) in [5.41, 5.74) is 8.37. The minimum atomic E-state index is 0.120. The van der Waals surface area contributed by atoms with Gasteiger partial charge in [0.05, 0.1) is 6.61 Å². The molecule has 0 saturated carbocycles. The van der Waals surface area contributed by atoms with Crippen molar-refractivity contribution in [3.63, 3.8) is 0 Å². The van der Waals surface area contributed by atoms with E-state index in [4.69, 9.17) is 22.1 Å². The topological polar surface area (TPSA) is 35.2 Å². The number of halogens is 1. The molecular weight excluding hydrogens is 290 g/mol. The van der Waals surface area contributed by atoms with Crippen LogP contribution in [0, 0.1) is 0 Å². The average molecular weight is 310 g/mol. The zero-order valence-corrected chi connectivity index (χ0v) is 13.2. The minimum Gasteiger partial charge on any atom is -0.493 e. The first kappa shape index (κ1) is 15.4. The lowest BCUT2D eigenvalue weighted by atomic mass is 10.0. The van der Waals surface area contributed by atoms with E-state index in [1.54, 1.807) is 11.3 Å². The Kier molecular flexibility index (Phi) is 5.89. The summed E-state index contributed by atoms with van der Waals surface area (Å²) in [4.78, 5) is 0. The van der Waals surface area contributed by atoms with Crippen LogP contribution in [-0.2, 0) is 12.8 Å². The van der Waals surface area contributed by atoms with Crippen LogP contribution < -0.4 is 10.5 Å². The van der Waals surface area contributed by atoms with Crippen LogP contribution in [0.1, 0.15) is 24.5 Å². The van der Waals surface area contributed by atoms with Gasteiger partial charge in [0.25, 0.3) is 0 Å². The first-order chi connectivity index (χ1) is 9.70. The Bertz CT molecular complexity index is 527. The number of ether oxygens (including phenoxy) is 1. The third-order valence-corrected chi connectivity index (χ3v) is 4.38. The van der Waals surface area contributed by atoms with E-state index in [-0.39, 0.29) is 6.04 Å². The lowest BCUT2D eigenvalue weighted by Crippen LogP contribution is -2.22. The number of benzene rings is 1. The molecule has 108 valence electrons. The van der Waals surface area contributed by atoms with Crippen molar-refractivity contribution in [3.8, 4) is 5.75 Å². The second-order valence-electron chi connectivity index (χ2n) is 4.82. The molecule has 0 amide bonds. The van der Waals surface area contributed by atoms with Crippen LogP contribution in [0.25, 0.3) is 0 Å². The van der Waals surface area contributed by atoms with Crippen LogP contribution in [0.3, 0.4) is 0 Å². The van der Waals surface area contributed by atoms with E-state index >= 15 is 0 Å². The standard InChI is InChI=1S/C16H20ClNOS/c1-2-13(18)10-14-15(17)4-3-5-16(14)19-8-6-12-7-9-20-11-12/h3-5,7,9,11,13H,2,6,8,10,18H2,1H3. The Morgan fingerprint density at radius 1 is 1.35 bits per heavy atom. The largest absolute Gasteiger partial charge is 0.493 e. The third-order valence-electron chi connectivity index (χ3n) is 3.29. The molecule has 4 heteroatoms. The fourth-order valence-electron chi connectivity index (χ4n) is 1.99. The summed E-state index contributed by atoms with van der Waals surface area (Å²) in [7, 11) is 0. The first-order valence-corrected chi connectivity index (χ1v) is 8.19. The van der Waals surface area contributed by atoms with Gasteiger partial charge in [-0.25, -0.2) is 0 Å². The highest BCUT2D eigenvalue weighted by Crippen LogP contribution is 2.28. The molecule has 0 saturated heterocycles. The molecule has 2 aromatic rings. The molecule has 1 atom stereocenters. The van der Waals surface area contributed by atoms with E-state index < -0.39 is 0 Å². The molecule has 2 rings (SSSR count). The highest BCUT2D eigenvalue weighted by molar-refractivity contribution is 7.07. The van der Waals surface area contributed by atoms with Crippen molar-refractivity contribution in [1.82, 2.24) is 0 Å². The summed E-state index contributed by atoms with van der Waals surface area (Å²) >= 11 is 7.98. The molecule has 0 aliphatic heterocycles. The second-order valence-corrected chi connectivity index (χ2v) is 6.01. The van der Waals surface area contributed by atoms with E-state index in [1.165, 1.54) is 5.56 Å². The van der Waals surface area contributed by atoms with Gasteiger partial charge in [-0.15, -0.1) is 0 Å². The average Bonchev–Trinajstić information content (AvgIpc) is 2.95. The molecular formula is C16H20ClNOS. The highest BCUT2D eigenvalue weighted by atomic mass is 35.5. The fraction of sp³-hybridized carbons (Fsp3) is 0.375. The Labute approximate surface area is 129 Å².